The van der Waals surface area contributed by atoms with Gasteiger partial charge in [0.25, 0.3) is 0 Å². The first-order valence-electron chi connectivity index (χ1n) is 11.6. The molecule has 180 valence electrons. The second-order valence-corrected chi connectivity index (χ2v) is 8.37. The molecular weight excluding hydrogens is 440 g/mol. The summed E-state index contributed by atoms with van der Waals surface area (Å²) >= 11 is 0. The minimum Gasteiger partial charge on any atom is -0.465 e. The number of amides is 1. The summed E-state index contributed by atoms with van der Waals surface area (Å²) in [5.74, 6) is -2.34. The van der Waals surface area contributed by atoms with E-state index in [-0.39, 0.29) is 54.8 Å². The molecule has 9 nitrogen and oxygen atoms in total. The predicted octanol–water partition coefficient (Wildman–Crippen LogP) is 2.38. The van der Waals surface area contributed by atoms with Gasteiger partial charge in [-0.2, -0.15) is 0 Å². The minimum absolute atomic E-state index is 0.0965. The Bertz CT molecular complexity index is 1120. The van der Waals surface area contributed by atoms with E-state index in [1.54, 1.807) is 31.2 Å². The molecule has 9 heteroatoms. The first kappa shape index (κ1) is 23.5. The van der Waals surface area contributed by atoms with Gasteiger partial charge in [-0.25, -0.2) is 4.79 Å². The van der Waals surface area contributed by atoms with Crippen molar-refractivity contribution in [2.45, 2.75) is 51.4 Å². The van der Waals surface area contributed by atoms with Gasteiger partial charge in [-0.3, -0.25) is 19.3 Å². The molecule has 0 radical (unpaired) electrons. The Balaban J connectivity index is 1.94. The van der Waals surface area contributed by atoms with E-state index in [0.717, 1.165) is 6.42 Å². The Labute approximate surface area is 197 Å². The van der Waals surface area contributed by atoms with Crippen LogP contribution in [0.5, 0.6) is 0 Å². The van der Waals surface area contributed by atoms with Crippen LogP contribution in [0.1, 0.15) is 51.5 Å². The number of nitrogens with two attached hydrogens (primary N) is 1. The molecule has 0 saturated heterocycles. The lowest BCUT2D eigenvalue weighted by Gasteiger charge is -2.38. The summed E-state index contributed by atoms with van der Waals surface area (Å²) in [6.07, 6.45) is 2.57. The summed E-state index contributed by atoms with van der Waals surface area (Å²) in [7, 11) is 0. The molecule has 1 atom stereocenters. The van der Waals surface area contributed by atoms with Crippen LogP contribution in [-0.2, 0) is 38.8 Å². The van der Waals surface area contributed by atoms with Gasteiger partial charge in [0.05, 0.1) is 18.8 Å². The normalized spacial score (nSPS) is 21.4. The fourth-order valence-electron chi connectivity index (χ4n) is 4.89. The number of Topliss-reactive ketones (excluding diaryl/α,β-unsaturated/α-hetero) is 1. The van der Waals surface area contributed by atoms with Gasteiger partial charge in [-0.15, -0.1) is 0 Å². The third-order valence-electron chi connectivity index (χ3n) is 6.29. The SMILES string of the molecule is CCCCOC(=O)C1=C(N)OC2=C(C(=O)CCC2)[C@]12C(=O)N(CC(=O)OCC)c1ccccc12. The number of fused-ring (bicyclic) bond motifs is 3. The maximum atomic E-state index is 14.2. The molecule has 0 aromatic heterocycles. The van der Waals surface area contributed by atoms with Crippen LogP contribution in [-0.4, -0.2) is 43.4 Å². The topological polar surface area (TPSA) is 125 Å². The minimum atomic E-state index is -1.85. The molecule has 2 N–H and O–H groups in total. The number of hydrogen-bond donors (Lipinski definition) is 1. The van der Waals surface area contributed by atoms with Crippen LogP contribution in [0.4, 0.5) is 5.69 Å². The van der Waals surface area contributed by atoms with E-state index in [0.29, 0.717) is 30.5 Å². The van der Waals surface area contributed by atoms with Gasteiger partial charge in [0.2, 0.25) is 11.8 Å². The quantitative estimate of drug-likeness (QED) is 0.478. The highest BCUT2D eigenvalue weighted by atomic mass is 16.5. The van der Waals surface area contributed by atoms with Crippen molar-refractivity contribution in [3.8, 4) is 0 Å². The standard InChI is InChI=1S/C25H28N2O7/c1-3-5-13-33-23(30)21-22(26)34-18-12-8-11-17(28)20(18)25(21)15-9-6-7-10-16(15)27(24(25)31)14-19(29)32-4-2/h6-7,9-10H,3-5,8,11-14,26H2,1-2H3/t25-/m0/s1. The average Bonchev–Trinajstić information content (AvgIpc) is 3.03. The molecule has 0 unspecified atom stereocenters. The number of para-hydroxylation sites is 1. The number of esters is 2. The van der Waals surface area contributed by atoms with Crippen LogP contribution >= 0.6 is 0 Å². The van der Waals surface area contributed by atoms with Crippen molar-refractivity contribution in [1.29, 1.82) is 0 Å². The molecule has 3 aliphatic rings. The first-order valence-corrected chi connectivity index (χ1v) is 11.6. The number of benzene rings is 1. The van der Waals surface area contributed by atoms with E-state index in [9.17, 15) is 19.2 Å². The molecular formula is C25H28N2O7. The number of ether oxygens (including phenoxy) is 3. The fraction of sp³-hybridized carbons (Fsp3) is 0.440. The monoisotopic (exact) mass is 468 g/mol. The molecule has 0 fully saturated rings. The Kier molecular flexibility index (Phi) is 6.45. The number of carbonyl (C=O) groups is 4. The van der Waals surface area contributed by atoms with Crippen molar-refractivity contribution in [1.82, 2.24) is 0 Å². The number of anilines is 1. The van der Waals surface area contributed by atoms with Gasteiger partial charge in [-0.05, 0) is 25.8 Å². The second kappa shape index (κ2) is 9.32. The number of rotatable bonds is 7. The van der Waals surface area contributed by atoms with Crippen LogP contribution in [0, 0.1) is 0 Å². The van der Waals surface area contributed by atoms with Gasteiger partial charge in [-0.1, -0.05) is 31.5 Å². The van der Waals surface area contributed by atoms with Crippen LogP contribution < -0.4 is 10.6 Å². The maximum Gasteiger partial charge on any atom is 0.341 e. The zero-order chi connectivity index (χ0) is 24.5. The van der Waals surface area contributed by atoms with E-state index in [1.807, 2.05) is 6.92 Å². The number of hydrogen-bond acceptors (Lipinski definition) is 8. The van der Waals surface area contributed by atoms with Gasteiger partial charge in [0, 0.05) is 24.1 Å². The zero-order valence-corrected chi connectivity index (χ0v) is 19.3. The molecule has 2 aliphatic heterocycles. The van der Waals surface area contributed by atoms with Gasteiger partial charge in [0.1, 0.15) is 23.3 Å². The Morgan fingerprint density at radius 1 is 1.15 bits per heavy atom. The highest BCUT2D eigenvalue weighted by molar-refractivity contribution is 6.24. The number of unbranched alkanes of at least 4 members (excludes halogenated alkanes) is 1. The smallest absolute Gasteiger partial charge is 0.341 e. The number of carbonyl (C=O) groups excluding carboxylic acids is 4. The maximum absolute atomic E-state index is 14.2. The second-order valence-electron chi connectivity index (χ2n) is 8.37. The molecule has 0 bridgehead atoms. The summed E-state index contributed by atoms with van der Waals surface area (Å²) in [4.78, 5) is 54.5. The molecule has 2 heterocycles. The van der Waals surface area contributed by atoms with Gasteiger partial charge >= 0.3 is 11.9 Å². The molecule has 1 spiro atoms. The lowest BCUT2D eigenvalue weighted by atomic mass is 9.64. The van der Waals surface area contributed by atoms with Crippen molar-refractivity contribution < 1.29 is 33.4 Å². The molecule has 0 saturated carbocycles. The lowest BCUT2D eigenvalue weighted by molar-refractivity contribution is -0.142. The van der Waals surface area contributed by atoms with Crippen LogP contribution in [0.3, 0.4) is 0 Å². The third-order valence-corrected chi connectivity index (χ3v) is 6.29. The molecule has 1 aliphatic carbocycles. The van der Waals surface area contributed by atoms with Gasteiger partial charge < -0.3 is 19.9 Å². The Hall–Kier alpha value is -3.62. The van der Waals surface area contributed by atoms with E-state index < -0.39 is 23.3 Å². The number of ketones is 1. The summed E-state index contributed by atoms with van der Waals surface area (Å²) in [6.45, 7) is 3.53. The van der Waals surface area contributed by atoms with Crippen LogP contribution in [0.15, 0.2) is 47.1 Å². The highest BCUT2D eigenvalue weighted by Gasteiger charge is 2.64. The summed E-state index contributed by atoms with van der Waals surface area (Å²) in [5.41, 5.74) is 5.08. The van der Waals surface area contributed by atoms with E-state index in [4.69, 9.17) is 19.9 Å². The lowest BCUT2D eigenvalue weighted by Crippen LogP contribution is -2.52. The highest BCUT2D eigenvalue weighted by Crippen LogP contribution is 2.56. The molecule has 1 amide bonds. The molecule has 34 heavy (non-hydrogen) atoms. The first-order chi connectivity index (χ1) is 16.4. The number of nitrogens with zero attached hydrogens (tertiary/aromatic N) is 1. The van der Waals surface area contributed by atoms with Crippen LogP contribution in [0.25, 0.3) is 0 Å². The van der Waals surface area contributed by atoms with Crippen molar-refractivity contribution >= 4 is 29.3 Å². The largest absolute Gasteiger partial charge is 0.465 e. The summed E-state index contributed by atoms with van der Waals surface area (Å²) < 4.78 is 16.3. The Morgan fingerprint density at radius 3 is 2.65 bits per heavy atom. The third kappa shape index (κ3) is 3.55. The van der Waals surface area contributed by atoms with E-state index in [2.05, 4.69) is 0 Å². The summed E-state index contributed by atoms with van der Waals surface area (Å²) in [6, 6.07) is 6.76. The van der Waals surface area contributed by atoms with Crippen LogP contribution in [0.2, 0.25) is 0 Å². The molecule has 4 rings (SSSR count). The molecule has 1 aromatic carbocycles. The van der Waals surface area contributed by atoms with Crippen molar-refractivity contribution in [2.75, 3.05) is 24.7 Å². The van der Waals surface area contributed by atoms with E-state index in [1.165, 1.54) is 4.90 Å². The summed E-state index contributed by atoms with van der Waals surface area (Å²) in [5, 5.41) is 0. The predicted molar refractivity (Wildman–Crippen MR) is 121 cm³/mol. The van der Waals surface area contributed by atoms with E-state index >= 15 is 0 Å². The van der Waals surface area contributed by atoms with Crippen molar-refractivity contribution in [3.63, 3.8) is 0 Å². The zero-order valence-electron chi connectivity index (χ0n) is 19.3. The Morgan fingerprint density at radius 2 is 1.91 bits per heavy atom. The fourth-order valence-corrected chi connectivity index (χ4v) is 4.89. The molecule has 1 aromatic rings. The van der Waals surface area contributed by atoms with Gasteiger partial charge in [0.15, 0.2) is 5.78 Å². The van der Waals surface area contributed by atoms with Crippen molar-refractivity contribution in [2.24, 2.45) is 5.73 Å². The number of allylic oxidation sites excluding steroid dienone is 1. The van der Waals surface area contributed by atoms with Crippen molar-refractivity contribution in [3.05, 3.63) is 52.6 Å². The average molecular weight is 469 g/mol.